The van der Waals surface area contributed by atoms with Crippen LogP contribution in [0.5, 0.6) is 0 Å². The minimum absolute atomic E-state index is 0.0796. The van der Waals surface area contributed by atoms with Crippen molar-refractivity contribution in [3.63, 3.8) is 0 Å². The van der Waals surface area contributed by atoms with Crippen molar-refractivity contribution in [3.8, 4) is 12.3 Å². The molecule has 1 saturated heterocycles. The lowest BCUT2D eigenvalue weighted by Gasteiger charge is -2.16. The van der Waals surface area contributed by atoms with E-state index in [1.54, 1.807) is 0 Å². The molecule has 1 rings (SSSR count). The number of carbonyl (C=O) groups is 3. The maximum Gasteiger partial charge on any atom is 0.327 e. The van der Waals surface area contributed by atoms with Crippen molar-refractivity contribution in [2.75, 3.05) is 18.2 Å². The van der Waals surface area contributed by atoms with Crippen LogP contribution in [0.3, 0.4) is 0 Å². The lowest BCUT2D eigenvalue weighted by Crippen LogP contribution is -2.45. The predicted molar refractivity (Wildman–Crippen MR) is 62.1 cm³/mol. The van der Waals surface area contributed by atoms with E-state index in [0.29, 0.717) is 11.6 Å². The van der Waals surface area contributed by atoms with Crippen molar-refractivity contribution in [2.45, 2.75) is 12.5 Å². The number of nitrogens with one attached hydrogen (secondary N) is 1. The number of nitrogens with zero attached hydrogens (tertiary/aromatic N) is 1. The molecule has 7 heteroatoms. The summed E-state index contributed by atoms with van der Waals surface area (Å²) in [6, 6.07) is -1.10. The first-order chi connectivity index (χ1) is 8.04. The maximum atomic E-state index is 11.5. The molecule has 0 aromatic carbocycles. The third-order valence-corrected chi connectivity index (χ3v) is 3.06. The highest BCUT2D eigenvalue weighted by atomic mass is 32.2. The van der Waals surface area contributed by atoms with Gasteiger partial charge in [0.2, 0.25) is 11.8 Å². The second kappa shape index (κ2) is 6.15. The molecule has 0 saturated carbocycles. The normalized spacial score (nSPS) is 16.4. The molecule has 0 radical (unpaired) electrons. The molecule has 6 nitrogen and oxygen atoms in total. The summed E-state index contributed by atoms with van der Waals surface area (Å²) < 4.78 is 0. The number of carboxylic acids is 1. The fraction of sp³-hybridized carbons (Fsp3) is 0.500. The Morgan fingerprint density at radius 3 is 2.82 bits per heavy atom. The molecule has 1 aliphatic rings. The standard InChI is InChI=1S/C10H12N2O4S/c1-2-3-7(10(15)16)11-8(13)4-12-6-17-5-9(12)14/h1,7H,3-6H2,(H,11,13)(H,15,16). The van der Waals surface area contributed by atoms with Crippen molar-refractivity contribution in [3.05, 3.63) is 0 Å². The van der Waals surface area contributed by atoms with Crippen LogP contribution < -0.4 is 5.32 Å². The zero-order valence-corrected chi connectivity index (χ0v) is 9.83. The van der Waals surface area contributed by atoms with E-state index < -0.39 is 17.9 Å². The highest BCUT2D eigenvalue weighted by molar-refractivity contribution is 8.00. The minimum Gasteiger partial charge on any atom is -0.480 e. The largest absolute Gasteiger partial charge is 0.480 e. The molecule has 0 bridgehead atoms. The van der Waals surface area contributed by atoms with Crippen LogP contribution in [0.2, 0.25) is 0 Å². The van der Waals surface area contributed by atoms with Crippen LogP contribution in [-0.2, 0) is 14.4 Å². The van der Waals surface area contributed by atoms with Crippen LogP contribution in [0.1, 0.15) is 6.42 Å². The highest BCUT2D eigenvalue weighted by Crippen LogP contribution is 2.13. The Morgan fingerprint density at radius 1 is 1.65 bits per heavy atom. The van der Waals surface area contributed by atoms with Gasteiger partial charge in [0, 0.05) is 6.42 Å². The van der Waals surface area contributed by atoms with Crippen LogP contribution in [0.25, 0.3) is 0 Å². The van der Waals surface area contributed by atoms with Crippen LogP contribution >= 0.6 is 11.8 Å². The molecule has 1 aliphatic heterocycles. The van der Waals surface area contributed by atoms with Crippen LogP contribution in [0, 0.1) is 12.3 Å². The Bertz CT molecular complexity index is 377. The average molecular weight is 256 g/mol. The lowest BCUT2D eigenvalue weighted by molar-refractivity contribution is -0.142. The molecule has 0 spiro atoms. The van der Waals surface area contributed by atoms with Crippen molar-refractivity contribution in [2.24, 2.45) is 0 Å². The number of hydrogen-bond acceptors (Lipinski definition) is 4. The summed E-state index contributed by atoms with van der Waals surface area (Å²) in [5.74, 6) is 1.19. The second-order valence-corrected chi connectivity index (χ2v) is 4.39. The van der Waals surface area contributed by atoms with Gasteiger partial charge in [0.25, 0.3) is 0 Å². The minimum atomic E-state index is -1.18. The number of carbonyl (C=O) groups excluding carboxylic acids is 2. The van der Waals surface area contributed by atoms with E-state index >= 15 is 0 Å². The molecule has 92 valence electrons. The smallest absolute Gasteiger partial charge is 0.327 e. The van der Waals surface area contributed by atoms with Gasteiger partial charge in [-0.05, 0) is 0 Å². The quantitative estimate of drug-likeness (QED) is 0.623. The SMILES string of the molecule is C#CCC(NC(=O)CN1CSCC1=O)C(=O)O. The first-order valence-corrected chi connectivity index (χ1v) is 6.01. The monoisotopic (exact) mass is 256 g/mol. The second-order valence-electron chi connectivity index (χ2n) is 3.44. The number of amides is 2. The molecule has 2 amide bonds. The zero-order valence-electron chi connectivity index (χ0n) is 9.01. The van der Waals surface area contributed by atoms with Crippen molar-refractivity contribution in [1.29, 1.82) is 0 Å². The molecule has 0 aromatic rings. The Kier molecular flexibility index (Phi) is 4.84. The summed E-state index contributed by atoms with van der Waals surface area (Å²) in [6.07, 6.45) is 4.92. The Balaban J connectivity index is 2.45. The van der Waals surface area contributed by atoms with E-state index in [1.807, 2.05) is 0 Å². The molecule has 2 N–H and O–H groups in total. The summed E-state index contributed by atoms with van der Waals surface area (Å²) in [5, 5.41) is 11.1. The molecule has 1 atom stereocenters. The number of aliphatic carboxylic acids is 1. The molecule has 1 fully saturated rings. The number of carboxylic acid groups (broad SMARTS) is 1. The lowest BCUT2D eigenvalue weighted by atomic mass is 10.2. The Hall–Kier alpha value is -1.68. The molecule has 17 heavy (non-hydrogen) atoms. The number of terminal acetylenes is 1. The van der Waals surface area contributed by atoms with Gasteiger partial charge in [0.15, 0.2) is 0 Å². The summed E-state index contributed by atoms with van der Waals surface area (Å²) in [4.78, 5) is 34.8. The molecule has 1 unspecified atom stereocenters. The molecule has 1 heterocycles. The summed E-state index contributed by atoms with van der Waals surface area (Å²) in [5.41, 5.74) is 0. The van der Waals surface area contributed by atoms with Crippen LogP contribution in [0.4, 0.5) is 0 Å². The number of thioether (sulfide) groups is 1. The molecular formula is C10H12N2O4S. The molecule has 0 aromatic heterocycles. The highest BCUT2D eigenvalue weighted by Gasteiger charge is 2.25. The van der Waals surface area contributed by atoms with Gasteiger partial charge in [0.05, 0.1) is 11.6 Å². The van der Waals surface area contributed by atoms with E-state index in [-0.39, 0.29) is 18.9 Å². The molecule has 0 aliphatic carbocycles. The van der Waals surface area contributed by atoms with E-state index in [4.69, 9.17) is 11.5 Å². The van der Waals surface area contributed by atoms with Gasteiger partial charge >= 0.3 is 5.97 Å². The summed E-state index contributed by atoms with van der Waals surface area (Å²) in [6.45, 7) is -0.125. The van der Waals surface area contributed by atoms with Crippen molar-refractivity contribution >= 4 is 29.5 Å². The van der Waals surface area contributed by atoms with Crippen LogP contribution in [0.15, 0.2) is 0 Å². The average Bonchev–Trinajstić information content (AvgIpc) is 2.63. The Morgan fingerprint density at radius 2 is 2.35 bits per heavy atom. The zero-order chi connectivity index (χ0) is 12.8. The predicted octanol–water partition coefficient (Wildman–Crippen LogP) is -0.888. The third-order valence-electron chi connectivity index (χ3n) is 2.12. The molecular weight excluding hydrogens is 244 g/mol. The van der Waals surface area contributed by atoms with Gasteiger partial charge in [-0.25, -0.2) is 4.79 Å². The van der Waals surface area contributed by atoms with Gasteiger partial charge < -0.3 is 15.3 Å². The van der Waals surface area contributed by atoms with Crippen LogP contribution in [-0.4, -0.2) is 52.0 Å². The third kappa shape index (κ3) is 4.00. The first kappa shape index (κ1) is 13.4. The maximum absolute atomic E-state index is 11.5. The van der Waals surface area contributed by atoms with E-state index in [1.165, 1.54) is 16.7 Å². The van der Waals surface area contributed by atoms with Gasteiger partial charge in [-0.15, -0.1) is 24.1 Å². The van der Waals surface area contributed by atoms with Gasteiger partial charge in [-0.2, -0.15) is 0 Å². The number of rotatable bonds is 5. The van der Waals surface area contributed by atoms with Crippen molar-refractivity contribution in [1.82, 2.24) is 10.2 Å². The topological polar surface area (TPSA) is 86.7 Å². The number of hydrogen-bond donors (Lipinski definition) is 2. The van der Waals surface area contributed by atoms with Gasteiger partial charge in [-0.3, -0.25) is 9.59 Å². The first-order valence-electron chi connectivity index (χ1n) is 4.85. The fourth-order valence-corrected chi connectivity index (χ4v) is 2.18. The fourth-order valence-electron chi connectivity index (χ4n) is 1.27. The van der Waals surface area contributed by atoms with Gasteiger partial charge in [0.1, 0.15) is 12.6 Å². The van der Waals surface area contributed by atoms with Crippen molar-refractivity contribution < 1.29 is 19.5 Å². The summed E-state index contributed by atoms with van der Waals surface area (Å²) in [7, 11) is 0. The van der Waals surface area contributed by atoms with E-state index in [2.05, 4.69) is 11.2 Å². The Labute approximate surface area is 103 Å². The summed E-state index contributed by atoms with van der Waals surface area (Å²) >= 11 is 1.42. The van der Waals surface area contributed by atoms with Gasteiger partial charge in [-0.1, -0.05) is 0 Å². The van der Waals surface area contributed by atoms with E-state index in [9.17, 15) is 14.4 Å². The van der Waals surface area contributed by atoms with E-state index in [0.717, 1.165) is 0 Å².